The molecule has 2 N–H and O–H groups in total. The lowest BCUT2D eigenvalue weighted by Gasteiger charge is -2.13. The average molecular weight is 273 g/mol. The van der Waals surface area contributed by atoms with Gasteiger partial charge >= 0.3 is 0 Å². The first kappa shape index (κ1) is 12.7. The molecule has 1 aromatic carbocycles. The molecule has 2 unspecified atom stereocenters. The normalized spacial score (nSPS) is 15.0. The summed E-state index contributed by atoms with van der Waals surface area (Å²) in [5.74, 6) is 0. The third-order valence-electron chi connectivity index (χ3n) is 2.47. The van der Waals surface area contributed by atoms with Gasteiger partial charge in [-0.15, -0.1) is 0 Å². The van der Waals surface area contributed by atoms with Gasteiger partial charge in [-0.05, 0) is 43.9 Å². The maximum absolute atomic E-state index is 9.47. The second-order valence-corrected chi connectivity index (χ2v) is 4.80. The Morgan fingerprint density at radius 2 is 2.00 bits per heavy atom. The highest BCUT2D eigenvalue weighted by Gasteiger charge is 2.11. The highest BCUT2D eigenvalue weighted by molar-refractivity contribution is 9.10. The minimum Gasteiger partial charge on any atom is -0.391 e. The van der Waals surface area contributed by atoms with Crippen molar-refractivity contribution in [3.8, 4) is 0 Å². The number of benzene rings is 1. The smallest absolute Gasteiger partial charge is 0.0799 e. The lowest BCUT2D eigenvalue weighted by molar-refractivity contribution is 0.0265. The number of rotatable bonds is 4. The molecule has 0 saturated carbocycles. The molecule has 15 heavy (non-hydrogen) atoms. The summed E-state index contributed by atoms with van der Waals surface area (Å²) in [6, 6.07) is 6.16. The zero-order valence-corrected chi connectivity index (χ0v) is 10.7. The van der Waals surface area contributed by atoms with Crippen molar-refractivity contribution >= 4 is 15.9 Å². The van der Waals surface area contributed by atoms with Crippen LogP contribution >= 0.6 is 15.9 Å². The molecular formula is C12H17BrO2. The van der Waals surface area contributed by atoms with Gasteiger partial charge in [-0.1, -0.05) is 28.1 Å². The third-order valence-corrected chi connectivity index (χ3v) is 3.21. The van der Waals surface area contributed by atoms with Crippen molar-refractivity contribution < 1.29 is 10.2 Å². The monoisotopic (exact) mass is 272 g/mol. The molecular weight excluding hydrogens is 256 g/mol. The van der Waals surface area contributed by atoms with E-state index in [9.17, 15) is 5.11 Å². The predicted molar refractivity (Wildman–Crippen MR) is 64.9 cm³/mol. The minimum absolute atomic E-state index is 0.583. The van der Waals surface area contributed by atoms with Crippen LogP contribution in [0.5, 0.6) is 0 Å². The molecule has 0 aromatic heterocycles. The quantitative estimate of drug-likeness (QED) is 0.884. The van der Waals surface area contributed by atoms with E-state index in [1.807, 2.05) is 13.0 Å². The Morgan fingerprint density at radius 1 is 1.33 bits per heavy atom. The molecule has 0 spiro atoms. The Labute approximate surface area is 99.1 Å². The van der Waals surface area contributed by atoms with Gasteiger partial charge < -0.3 is 10.2 Å². The summed E-state index contributed by atoms with van der Waals surface area (Å²) in [5, 5.41) is 18.6. The topological polar surface area (TPSA) is 40.5 Å². The van der Waals surface area contributed by atoms with Gasteiger partial charge in [0.25, 0.3) is 0 Å². The van der Waals surface area contributed by atoms with Gasteiger partial charge in [0.2, 0.25) is 0 Å². The van der Waals surface area contributed by atoms with Crippen molar-refractivity contribution in [3.05, 3.63) is 33.8 Å². The summed E-state index contributed by atoms with van der Waals surface area (Å²) in [6.45, 7) is 3.65. The third kappa shape index (κ3) is 3.93. The highest BCUT2D eigenvalue weighted by Crippen LogP contribution is 2.20. The van der Waals surface area contributed by atoms with Crippen LogP contribution in [0.3, 0.4) is 0 Å². The summed E-state index contributed by atoms with van der Waals surface area (Å²) in [4.78, 5) is 0. The lowest BCUT2D eigenvalue weighted by Crippen LogP contribution is -2.22. The van der Waals surface area contributed by atoms with Crippen molar-refractivity contribution in [2.45, 2.75) is 38.9 Å². The second kappa shape index (κ2) is 5.64. The van der Waals surface area contributed by atoms with E-state index in [-0.39, 0.29) is 0 Å². The van der Waals surface area contributed by atoms with Crippen LogP contribution in [0.2, 0.25) is 0 Å². The van der Waals surface area contributed by atoms with E-state index in [1.54, 1.807) is 6.92 Å². The molecule has 0 aliphatic heterocycles. The molecule has 0 radical (unpaired) electrons. The molecule has 2 atom stereocenters. The van der Waals surface area contributed by atoms with Crippen LogP contribution in [-0.2, 0) is 6.42 Å². The second-order valence-electron chi connectivity index (χ2n) is 3.94. The number of hydrogen-bond donors (Lipinski definition) is 2. The fourth-order valence-electron chi connectivity index (χ4n) is 1.40. The molecule has 2 nitrogen and oxygen atoms in total. The molecule has 0 amide bonds. The maximum atomic E-state index is 9.47. The fraction of sp³-hybridized carbons (Fsp3) is 0.500. The van der Waals surface area contributed by atoms with E-state index in [0.29, 0.717) is 6.42 Å². The van der Waals surface area contributed by atoms with Crippen LogP contribution in [0.1, 0.15) is 24.5 Å². The van der Waals surface area contributed by atoms with Crippen molar-refractivity contribution in [1.82, 2.24) is 0 Å². The van der Waals surface area contributed by atoms with Gasteiger partial charge in [0, 0.05) is 4.47 Å². The molecule has 1 rings (SSSR count). The molecule has 0 heterocycles. The standard InChI is InChI=1S/C12H17BrO2/c1-8-3-4-10(11(13)7-8)5-6-12(15)9(2)14/h3-4,7,9,12,14-15H,5-6H2,1-2H3. The summed E-state index contributed by atoms with van der Waals surface area (Å²) in [7, 11) is 0. The first-order chi connectivity index (χ1) is 7.00. The van der Waals surface area contributed by atoms with Crippen LogP contribution in [0.15, 0.2) is 22.7 Å². The van der Waals surface area contributed by atoms with Gasteiger partial charge in [0.1, 0.15) is 0 Å². The van der Waals surface area contributed by atoms with Crippen LogP contribution in [0, 0.1) is 6.92 Å². The van der Waals surface area contributed by atoms with Gasteiger partial charge in [-0.3, -0.25) is 0 Å². The number of aryl methyl sites for hydroxylation is 2. The molecule has 0 aliphatic rings. The minimum atomic E-state index is -0.658. The van der Waals surface area contributed by atoms with E-state index >= 15 is 0 Å². The van der Waals surface area contributed by atoms with E-state index < -0.39 is 12.2 Å². The molecule has 0 aliphatic carbocycles. The van der Waals surface area contributed by atoms with E-state index in [2.05, 4.69) is 28.1 Å². The number of aliphatic hydroxyl groups excluding tert-OH is 2. The molecule has 0 fully saturated rings. The zero-order valence-electron chi connectivity index (χ0n) is 9.07. The van der Waals surface area contributed by atoms with Gasteiger partial charge in [0.15, 0.2) is 0 Å². The molecule has 84 valence electrons. The molecule has 3 heteroatoms. The van der Waals surface area contributed by atoms with E-state index in [4.69, 9.17) is 5.11 Å². The Hall–Kier alpha value is -0.380. The molecule has 0 saturated heterocycles. The number of hydrogen-bond acceptors (Lipinski definition) is 2. The first-order valence-electron chi connectivity index (χ1n) is 5.12. The van der Waals surface area contributed by atoms with Crippen molar-refractivity contribution in [2.24, 2.45) is 0 Å². The molecule has 1 aromatic rings. The predicted octanol–water partition coefficient (Wildman–Crippen LogP) is 2.43. The van der Waals surface area contributed by atoms with Crippen LogP contribution in [0.4, 0.5) is 0 Å². The van der Waals surface area contributed by atoms with Crippen molar-refractivity contribution in [2.75, 3.05) is 0 Å². The summed E-state index contributed by atoms with van der Waals surface area (Å²) in [6.07, 6.45) is 0.0548. The summed E-state index contributed by atoms with van der Waals surface area (Å²) in [5.41, 5.74) is 2.38. The Balaban J connectivity index is 2.58. The van der Waals surface area contributed by atoms with Gasteiger partial charge in [0.05, 0.1) is 12.2 Å². The van der Waals surface area contributed by atoms with Gasteiger partial charge in [-0.2, -0.15) is 0 Å². The number of aliphatic hydroxyl groups is 2. The Kier molecular flexibility index (Phi) is 4.77. The van der Waals surface area contributed by atoms with Crippen molar-refractivity contribution in [3.63, 3.8) is 0 Å². The van der Waals surface area contributed by atoms with Crippen LogP contribution < -0.4 is 0 Å². The largest absolute Gasteiger partial charge is 0.391 e. The van der Waals surface area contributed by atoms with Crippen LogP contribution in [0.25, 0.3) is 0 Å². The maximum Gasteiger partial charge on any atom is 0.0799 e. The van der Waals surface area contributed by atoms with E-state index in [0.717, 1.165) is 10.9 Å². The highest BCUT2D eigenvalue weighted by atomic mass is 79.9. The summed E-state index contributed by atoms with van der Waals surface area (Å²) < 4.78 is 1.07. The van der Waals surface area contributed by atoms with Crippen LogP contribution in [-0.4, -0.2) is 22.4 Å². The first-order valence-corrected chi connectivity index (χ1v) is 5.91. The lowest BCUT2D eigenvalue weighted by atomic mass is 10.0. The summed E-state index contributed by atoms with van der Waals surface area (Å²) >= 11 is 3.49. The zero-order chi connectivity index (χ0) is 11.4. The Bertz CT molecular complexity index is 323. The SMILES string of the molecule is Cc1ccc(CCC(O)C(C)O)c(Br)c1. The Morgan fingerprint density at radius 3 is 2.53 bits per heavy atom. The van der Waals surface area contributed by atoms with E-state index in [1.165, 1.54) is 11.1 Å². The number of halogens is 1. The van der Waals surface area contributed by atoms with Crippen molar-refractivity contribution in [1.29, 1.82) is 0 Å². The van der Waals surface area contributed by atoms with Gasteiger partial charge in [-0.25, -0.2) is 0 Å². The fourth-order valence-corrected chi connectivity index (χ4v) is 2.09. The molecule has 0 bridgehead atoms. The average Bonchev–Trinajstić information content (AvgIpc) is 2.15.